The van der Waals surface area contributed by atoms with Crippen LogP contribution in [0.5, 0.6) is 0 Å². The summed E-state index contributed by atoms with van der Waals surface area (Å²) in [4.78, 5) is 33.3. The van der Waals surface area contributed by atoms with Crippen LogP contribution in [0, 0.1) is 5.92 Å². The predicted octanol–water partition coefficient (Wildman–Crippen LogP) is 1.78. The van der Waals surface area contributed by atoms with Gasteiger partial charge in [0, 0.05) is 26.2 Å². The second-order valence-electron chi connectivity index (χ2n) is 7.04. The second-order valence-corrected chi connectivity index (χ2v) is 7.04. The van der Waals surface area contributed by atoms with Crippen molar-refractivity contribution in [1.82, 2.24) is 20.1 Å². The minimum absolute atomic E-state index is 0.0526. The lowest BCUT2D eigenvalue weighted by atomic mass is 9.93. The first-order valence-corrected chi connectivity index (χ1v) is 9.39. The quantitative estimate of drug-likeness (QED) is 0.884. The molecule has 0 bridgehead atoms. The number of nitrogens with zero attached hydrogens (tertiary/aromatic N) is 3. The summed E-state index contributed by atoms with van der Waals surface area (Å²) in [5.41, 5.74) is 0.773. The van der Waals surface area contributed by atoms with Crippen LogP contribution in [0.15, 0.2) is 18.2 Å². The highest BCUT2D eigenvalue weighted by Gasteiger charge is 2.26. The van der Waals surface area contributed by atoms with E-state index in [-0.39, 0.29) is 11.8 Å². The molecule has 6 nitrogen and oxygen atoms in total. The molecule has 2 fully saturated rings. The molecule has 25 heavy (non-hydrogen) atoms. The maximum Gasteiger partial charge on any atom is 0.272 e. The van der Waals surface area contributed by atoms with Gasteiger partial charge in [-0.3, -0.25) is 9.59 Å². The smallest absolute Gasteiger partial charge is 0.272 e. The average molecular weight is 344 g/mol. The molecule has 2 saturated heterocycles. The Bertz CT molecular complexity index is 605. The number of nitrogens with one attached hydrogen (secondary N) is 1. The van der Waals surface area contributed by atoms with Gasteiger partial charge in [-0.15, -0.1) is 0 Å². The fraction of sp³-hybridized carbons (Fsp3) is 0.632. The highest BCUT2D eigenvalue weighted by atomic mass is 16.2. The lowest BCUT2D eigenvalue weighted by molar-refractivity contribution is 0.0680. The summed E-state index contributed by atoms with van der Waals surface area (Å²) in [6, 6.07) is 5.20. The molecule has 0 spiro atoms. The molecule has 2 amide bonds. The highest BCUT2D eigenvalue weighted by Crippen LogP contribution is 2.21. The third kappa shape index (κ3) is 4.37. The molecule has 0 unspecified atom stereocenters. The van der Waals surface area contributed by atoms with Crippen LogP contribution in [0.2, 0.25) is 0 Å². The normalized spacial score (nSPS) is 18.6. The van der Waals surface area contributed by atoms with E-state index in [1.165, 1.54) is 0 Å². The van der Waals surface area contributed by atoms with Crippen molar-refractivity contribution in [1.29, 1.82) is 0 Å². The number of piperidine rings is 1. The molecule has 2 aliphatic heterocycles. The Morgan fingerprint density at radius 3 is 2.16 bits per heavy atom. The van der Waals surface area contributed by atoms with Gasteiger partial charge in [0.2, 0.25) is 0 Å². The van der Waals surface area contributed by atoms with Gasteiger partial charge in [-0.25, -0.2) is 4.98 Å². The summed E-state index contributed by atoms with van der Waals surface area (Å²) >= 11 is 0. The number of aromatic nitrogens is 1. The van der Waals surface area contributed by atoms with Crippen molar-refractivity contribution in [2.24, 2.45) is 5.92 Å². The third-order valence-electron chi connectivity index (χ3n) is 5.28. The minimum Gasteiger partial charge on any atom is -0.337 e. The number of carbonyl (C=O) groups excluding carboxylic acids is 2. The molecule has 0 radical (unpaired) electrons. The standard InChI is InChI=1S/C19H28N4O2/c1-20-10-7-15-8-13-23(14-9-15)19(25)17-6-4-5-16(21-17)18(24)22-11-2-3-12-22/h4-6,15,20H,2-3,7-14H2,1H3. The summed E-state index contributed by atoms with van der Waals surface area (Å²) in [5, 5.41) is 3.19. The first-order chi connectivity index (χ1) is 12.2. The van der Waals surface area contributed by atoms with Gasteiger partial charge < -0.3 is 15.1 Å². The molecule has 1 N–H and O–H groups in total. The van der Waals surface area contributed by atoms with Gasteiger partial charge >= 0.3 is 0 Å². The fourth-order valence-electron chi connectivity index (χ4n) is 3.69. The summed E-state index contributed by atoms with van der Waals surface area (Å²) in [7, 11) is 1.97. The number of likely N-dealkylation sites (tertiary alicyclic amines) is 2. The Kier molecular flexibility index (Phi) is 6.02. The van der Waals surface area contributed by atoms with Gasteiger partial charge in [-0.1, -0.05) is 6.07 Å². The Morgan fingerprint density at radius 2 is 1.60 bits per heavy atom. The van der Waals surface area contributed by atoms with E-state index in [1.807, 2.05) is 16.8 Å². The summed E-state index contributed by atoms with van der Waals surface area (Å²) in [6.07, 6.45) is 5.34. The van der Waals surface area contributed by atoms with Crippen LogP contribution < -0.4 is 5.32 Å². The molecular weight excluding hydrogens is 316 g/mol. The number of hydrogen-bond donors (Lipinski definition) is 1. The predicted molar refractivity (Wildman–Crippen MR) is 96.5 cm³/mol. The largest absolute Gasteiger partial charge is 0.337 e. The lowest BCUT2D eigenvalue weighted by Gasteiger charge is -2.31. The summed E-state index contributed by atoms with van der Waals surface area (Å²) < 4.78 is 0. The van der Waals surface area contributed by atoms with E-state index >= 15 is 0 Å². The minimum atomic E-state index is -0.0575. The van der Waals surface area contributed by atoms with Crippen LogP contribution in [0.3, 0.4) is 0 Å². The number of rotatable bonds is 5. The van der Waals surface area contributed by atoms with Gasteiger partial charge in [0.1, 0.15) is 11.4 Å². The number of carbonyl (C=O) groups is 2. The zero-order chi connectivity index (χ0) is 17.6. The van der Waals surface area contributed by atoms with Crippen molar-refractivity contribution in [3.05, 3.63) is 29.6 Å². The van der Waals surface area contributed by atoms with Crippen molar-refractivity contribution < 1.29 is 9.59 Å². The average Bonchev–Trinajstić information content (AvgIpc) is 3.20. The molecule has 6 heteroatoms. The molecule has 0 saturated carbocycles. The maximum atomic E-state index is 12.7. The third-order valence-corrected chi connectivity index (χ3v) is 5.28. The number of pyridine rings is 1. The van der Waals surface area contributed by atoms with E-state index in [9.17, 15) is 9.59 Å². The van der Waals surface area contributed by atoms with Crippen molar-refractivity contribution in [3.63, 3.8) is 0 Å². The van der Waals surface area contributed by atoms with Crippen LogP contribution in [0.4, 0.5) is 0 Å². The summed E-state index contributed by atoms with van der Waals surface area (Å²) in [6.45, 7) is 4.16. The molecule has 1 aromatic rings. The molecule has 2 aliphatic rings. The Morgan fingerprint density at radius 1 is 1.04 bits per heavy atom. The lowest BCUT2D eigenvalue weighted by Crippen LogP contribution is -2.39. The zero-order valence-electron chi connectivity index (χ0n) is 15.0. The van der Waals surface area contributed by atoms with Crippen LogP contribution in [0.1, 0.15) is 53.1 Å². The first kappa shape index (κ1) is 17.9. The van der Waals surface area contributed by atoms with E-state index in [4.69, 9.17) is 0 Å². The van der Waals surface area contributed by atoms with Crippen molar-refractivity contribution >= 4 is 11.8 Å². The van der Waals surface area contributed by atoms with Gasteiger partial charge in [-0.05, 0) is 63.7 Å². The van der Waals surface area contributed by atoms with E-state index < -0.39 is 0 Å². The molecule has 0 aliphatic carbocycles. The first-order valence-electron chi connectivity index (χ1n) is 9.39. The second kappa shape index (κ2) is 8.43. The van der Waals surface area contributed by atoms with Crippen LogP contribution in [-0.2, 0) is 0 Å². The number of amides is 2. The number of hydrogen-bond acceptors (Lipinski definition) is 4. The van der Waals surface area contributed by atoms with E-state index in [0.717, 1.165) is 64.8 Å². The van der Waals surface area contributed by atoms with Crippen LogP contribution >= 0.6 is 0 Å². The van der Waals surface area contributed by atoms with E-state index in [2.05, 4.69) is 10.3 Å². The molecule has 3 rings (SSSR count). The molecule has 1 aromatic heterocycles. The molecular formula is C19H28N4O2. The van der Waals surface area contributed by atoms with Gasteiger partial charge in [-0.2, -0.15) is 0 Å². The topological polar surface area (TPSA) is 65.5 Å². The van der Waals surface area contributed by atoms with Crippen LogP contribution in [-0.4, -0.2) is 66.4 Å². The van der Waals surface area contributed by atoms with Crippen LogP contribution in [0.25, 0.3) is 0 Å². The molecule has 3 heterocycles. The fourth-order valence-corrected chi connectivity index (χ4v) is 3.69. The van der Waals surface area contributed by atoms with E-state index in [1.54, 1.807) is 18.2 Å². The van der Waals surface area contributed by atoms with Gasteiger partial charge in [0.05, 0.1) is 0 Å². The Hall–Kier alpha value is -1.95. The van der Waals surface area contributed by atoms with Crippen molar-refractivity contribution in [2.75, 3.05) is 39.8 Å². The maximum absolute atomic E-state index is 12.7. The van der Waals surface area contributed by atoms with Gasteiger partial charge in [0.15, 0.2) is 0 Å². The molecule has 0 atom stereocenters. The summed E-state index contributed by atoms with van der Waals surface area (Å²) in [5.74, 6) is 0.577. The van der Waals surface area contributed by atoms with Crippen molar-refractivity contribution in [3.8, 4) is 0 Å². The Balaban J connectivity index is 1.61. The van der Waals surface area contributed by atoms with Gasteiger partial charge in [0.25, 0.3) is 11.8 Å². The Labute approximate surface area is 149 Å². The zero-order valence-corrected chi connectivity index (χ0v) is 15.0. The highest BCUT2D eigenvalue weighted by molar-refractivity contribution is 5.96. The van der Waals surface area contributed by atoms with E-state index in [0.29, 0.717) is 17.3 Å². The monoisotopic (exact) mass is 344 g/mol. The molecule has 0 aromatic carbocycles. The van der Waals surface area contributed by atoms with Crippen molar-refractivity contribution in [2.45, 2.75) is 32.1 Å². The SMILES string of the molecule is CNCCC1CCN(C(=O)c2cccc(C(=O)N3CCCC3)n2)CC1. The molecule has 136 valence electrons.